The molecule has 5 nitrogen and oxygen atoms in total. The number of hydrogen-bond donors (Lipinski definition) is 1. The normalized spacial score (nSPS) is 10.7. The Bertz CT molecular complexity index is 945. The smallest absolute Gasteiger partial charge is 0.335 e. The van der Waals surface area contributed by atoms with Gasteiger partial charge in [-0.25, -0.2) is 4.79 Å². The fourth-order valence-electron chi connectivity index (χ4n) is 2.72. The molecule has 0 amide bonds. The predicted octanol–water partition coefficient (Wildman–Crippen LogP) is 3.15. The van der Waals surface area contributed by atoms with Crippen molar-refractivity contribution in [2.75, 3.05) is 6.61 Å². The average Bonchev–Trinajstić information content (AvgIpc) is 2.58. The summed E-state index contributed by atoms with van der Waals surface area (Å²) >= 11 is 0. The summed E-state index contributed by atoms with van der Waals surface area (Å²) in [6, 6.07) is 15.7. The lowest BCUT2D eigenvalue weighted by Crippen LogP contribution is -2.20. The van der Waals surface area contributed by atoms with Crippen molar-refractivity contribution in [3.05, 3.63) is 76.1 Å². The van der Waals surface area contributed by atoms with Crippen molar-refractivity contribution in [2.45, 2.75) is 13.5 Å². The lowest BCUT2D eigenvalue weighted by atomic mass is 10.1. The summed E-state index contributed by atoms with van der Waals surface area (Å²) in [5.74, 6) is -0.625. The van der Waals surface area contributed by atoms with Gasteiger partial charge in [-0.05, 0) is 30.7 Å². The Kier molecular flexibility index (Phi) is 4.33. The van der Waals surface area contributed by atoms with Crippen LogP contribution in [0.5, 0.6) is 5.75 Å². The maximum atomic E-state index is 12.4. The van der Waals surface area contributed by atoms with E-state index in [1.54, 1.807) is 16.7 Å². The third-order valence-corrected chi connectivity index (χ3v) is 3.78. The minimum Gasteiger partial charge on any atom is -0.492 e. The number of carboxylic acids is 1. The standard InChI is InChI=1S/C19H17NO4/c1-2-24-16-11-15(19(22)23)10-14-8-9-17(21)20(18(14)16)12-13-6-4-3-5-7-13/h3-11H,2,12H2,1H3,(H,22,23). The third kappa shape index (κ3) is 3.01. The Morgan fingerprint density at radius 3 is 2.54 bits per heavy atom. The first-order valence-electron chi connectivity index (χ1n) is 7.67. The lowest BCUT2D eigenvalue weighted by molar-refractivity contribution is 0.0696. The van der Waals surface area contributed by atoms with E-state index < -0.39 is 5.97 Å². The van der Waals surface area contributed by atoms with Crippen LogP contribution in [-0.2, 0) is 6.54 Å². The van der Waals surface area contributed by atoms with Crippen LogP contribution in [0.15, 0.2) is 59.4 Å². The average molecular weight is 323 g/mol. The molecule has 0 radical (unpaired) electrons. The number of nitrogens with zero attached hydrogens (tertiary/aromatic N) is 1. The second-order valence-electron chi connectivity index (χ2n) is 5.39. The van der Waals surface area contributed by atoms with E-state index in [-0.39, 0.29) is 11.1 Å². The van der Waals surface area contributed by atoms with Crippen LogP contribution in [0.2, 0.25) is 0 Å². The molecule has 0 bridgehead atoms. The van der Waals surface area contributed by atoms with Crippen molar-refractivity contribution in [3.63, 3.8) is 0 Å². The van der Waals surface area contributed by atoms with Crippen LogP contribution in [0.3, 0.4) is 0 Å². The number of aromatic nitrogens is 1. The van der Waals surface area contributed by atoms with E-state index in [4.69, 9.17) is 4.74 Å². The molecule has 0 spiro atoms. The van der Waals surface area contributed by atoms with Gasteiger partial charge >= 0.3 is 5.97 Å². The van der Waals surface area contributed by atoms with Crippen molar-refractivity contribution in [1.82, 2.24) is 4.57 Å². The highest BCUT2D eigenvalue weighted by atomic mass is 16.5. The van der Waals surface area contributed by atoms with Gasteiger partial charge in [-0.1, -0.05) is 30.3 Å². The first-order valence-corrected chi connectivity index (χ1v) is 7.67. The lowest BCUT2D eigenvalue weighted by Gasteiger charge is -2.15. The molecule has 0 saturated heterocycles. The van der Waals surface area contributed by atoms with Gasteiger partial charge in [0.1, 0.15) is 5.75 Å². The summed E-state index contributed by atoms with van der Waals surface area (Å²) in [5, 5.41) is 9.93. The van der Waals surface area contributed by atoms with Gasteiger partial charge in [-0.2, -0.15) is 0 Å². The fraction of sp³-hybridized carbons (Fsp3) is 0.158. The number of ether oxygens (including phenoxy) is 1. The Morgan fingerprint density at radius 2 is 1.88 bits per heavy atom. The molecule has 1 heterocycles. The summed E-state index contributed by atoms with van der Waals surface area (Å²) < 4.78 is 7.23. The van der Waals surface area contributed by atoms with Gasteiger partial charge in [-0.15, -0.1) is 0 Å². The number of hydrogen-bond acceptors (Lipinski definition) is 3. The van der Waals surface area contributed by atoms with Crippen molar-refractivity contribution < 1.29 is 14.6 Å². The highest BCUT2D eigenvalue weighted by Gasteiger charge is 2.14. The van der Waals surface area contributed by atoms with Crippen LogP contribution in [0.25, 0.3) is 10.9 Å². The maximum Gasteiger partial charge on any atom is 0.335 e. The molecule has 1 N–H and O–H groups in total. The number of pyridine rings is 1. The first kappa shape index (κ1) is 15.8. The van der Waals surface area contributed by atoms with Crippen LogP contribution in [-0.4, -0.2) is 22.2 Å². The molecule has 2 aromatic carbocycles. The molecule has 0 fully saturated rings. The van der Waals surface area contributed by atoms with Crippen molar-refractivity contribution in [3.8, 4) is 5.75 Å². The summed E-state index contributed by atoms with van der Waals surface area (Å²) in [7, 11) is 0. The summed E-state index contributed by atoms with van der Waals surface area (Å²) in [4.78, 5) is 23.7. The molecule has 0 aliphatic carbocycles. The van der Waals surface area contributed by atoms with Crippen molar-refractivity contribution >= 4 is 16.9 Å². The van der Waals surface area contributed by atoms with Gasteiger partial charge < -0.3 is 14.4 Å². The molecule has 122 valence electrons. The second kappa shape index (κ2) is 6.58. The zero-order chi connectivity index (χ0) is 17.1. The summed E-state index contributed by atoms with van der Waals surface area (Å²) in [6.07, 6.45) is 0. The molecule has 5 heteroatoms. The minimum absolute atomic E-state index is 0.135. The maximum absolute atomic E-state index is 12.4. The van der Waals surface area contributed by atoms with Gasteiger partial charge in [0.2, 0.25) is 0 Å². The third-order valence-electron chi connectivity index (χ3n) is 3.78. The van der Waals surface area contributed by atoms with Gasteiger partial charge in [0.05, 0.1) is 24.2 Å². The van der Waals surface area contributed by atoms with Gasteiger partial charge in [0, 0.05) is 11.5 Å². The quantitative estimate of drug-likeness (QED) is 0.783. The molecule has 0 unspecified atom stereocenters. The van der Waals surface area contributed by atoms with Crippen LogP contribution >= 0.6 is 0 Å². The van der Waals surface area contributed by atoms with E-state index >= 15 is 0 Å². The van der Waals surface area contributed by atoms with E-state index in [1.807, 2.05) is 37.3 Å². The van der Waals surface area contributed by atoms with Crippen molar-refractivity contribution in [2.24, 2.45) is 0 Å². The number of benzene rings is 2. The Labute approximate surface area is 138 Å². The van der Waals surface area contributed by atoms with E-state index in [0.29, 0.717) is 29.8 Å². The van der Waals surface area contributed by atoms with E-state index in [2.05, 4.69) is 0 Å². The number of rotatable bonds is 5. The molecule has 3 rings (SSSR count). The van der Waals surface area contributed by atoms with Gasteiger partial charge in [0.25, 0.3) is 5.56 Å². The first-order chi connectivity index (χ1) is 11.6. The van der Waals surface area contributed by atoms with Crippen LogP contribution < -0.4 is 10.3 Å². The van der Waals surface area contributed by atoms with E-state index in [1.165, 1.54) is 12.1 Å². The minimum atomic E-state index is -1.03. The Morgan fingerprint density at radius 1 is 1.12 bits per heavy atom. The Hall–Kier alpha value is -3.08. The summed E-state index contributed by atoms with van der Waals surface area (Å²) in [5.41, 5.74) is 1.57. The molecule has 0 aliphatic rings. The van der Waals surface area contributed by atoms with Crippen LogP contribution in [0, 0.1) is 0 Å². The monoisotopic (exact) mass is 323 g/mol. The van der Waals surface area contributed by atoms with Gasteiger partial charge in [-0.3, -0.25) is 4.79 Å². The van der Waals surface area contributed by atoms with Crippen molar-refractivity contribution in [1.29, 1.82) is 0 Å². The number of carbonyl (C=O) groups is 1. The molecule has 0 atom stereocenters. The number of fused-ring (bicyclic) bond motifs is 1. The van der Waals surface area contributed by atoms with Gasteiger partial charge in [0.15, 0.2) is 0 Å². The largest absolute Gasteiger partial charge is 0.492 e. The van der Waals surface area contributed by atoms with Crippen LogP contribution in [0.4, 0.5) is 0 Å². The zero-order valence-corrected chi connectivity index (χ0v) is 13.2. The number of aromatic carboxylic acids is 1. The van der Waals surface area contributed by atoms with E-state index in [9.17, 15) is 14.7 Å². The molecule has 0 aliphatic heterocycles. The molecular formula is C19H17NO4. The fourth-order valence-corrected chi connectivity index (χ4v) is 2.72. The molecule has 1 aromatic heterocycles. The highest BCUT2D eigenvalue weighted by molar-refractivity contribution is 5.96. The topological polar surface area (TPSA) is 68.5 Å². The molecule has 24 heavy (non-hydrogen) atoms. The molecule has 3 aromatic rings. The predicted molar refractivity (Wildman–Crippen MR) is 91.9 cm³/mol. The number of carboxylic acid groups (broad SMARTS) is 1. The highest BCUT2D eigenvalue weighted by Crippen LogP contribution is 2.27. The van der Waals surface area contributed by atoms with Crippen LogP contribution in [0.1, 0.15) is 22.8 Å². The summed E-state index contributed by atoms with van der Waals surface area (Å²) in [6.45, 7) is 2.60. The van der Waals surface area contributed by atoms with E-state index in [0.717, 1.165) is 5.56 Å². The molecule has 0 saturated carbocycles. The SMILES string of the molecule is CCOc1cc(C(=O)O)cc2ccc(=O)n(Cc3ccccc3)c12. The second-order valence-corrected chi connectivity index (χ2v) is 5.39. The molecular weight excluding hydrogens is 306 g/mol. The zero-order valence-electron chi connectivity index (χ0n) is 13.2. The Balaban J connectivity index is 2.25.